The van der Waals surface area contributed by atoms with Crippen molar-refractivity contribution < 1.29 is 0 Å². The minimum atomic E-state index is 0.220. The van der Waals surface area contributed by atoms with Crippen molar-refractivity contribution in [1.29, 1.82) is 0 Å². The van der Waals surface area contributed by atoms with Gasteiger partial charge in [-0.05, 0) is 42.5 Å². The van der Waals surface area contributed by atoms with Gasteiger partial charge in [-0.25, -0.2) is 0 Å². The largest absolute Gasteiger partial charge is 0.324 e. The zero-order valence-electron chi connectivity index (χ0n) is 7.19. The molecule has 1 nitrogen and oxygen atoms in total. The van der Waals surface area contributed by atoms with Gasteiger partial charge in [0.1, 0.15) is 0 Å². The summed E-state index contributed by atoms with van der Waals surface area (Å²) in [5.41, 5.74) is 8.73. The lowest BCUT2D eigenvalue weighted by atomic mass is 9.88. The fraction of sp³-hybridized carbons (Fsp3) is 0.400. The normalized spacial score (nSPS) is 21.3. The zero-order chi connectivity index (χ0) is 9.42. The van der Waals surface area contributed by atoms with Crippen molar-refractivity contribution in [1.82, 2.24) is 0 Å². The van der Waals surface area contributed by atoms with Gasteiger partial charge in [-0.2, -0.15) is 0 Å². The van der Waals surface area contributed by atoms with Crippen LogP contribution in [0.5, 0.6) is 0 Å². The van der Waals surface area contributed by atoms with Crippen molar-refractivity contribution in [3.8, 4) is 0 Å². The molecule has 0 aromatic heterocycles. The number of fused-ring (bicyclic) bond motifs is 1. The van der Waals surface area contributed by atoms with Gasteiger partial charge in [-0.15, -0.1) is 0 Å². The van der Waals surface area contributed by atoms with Crippen LogP contribution in [0.4, 0.5) is 0 Å². The number of rotatable bonds is 0. The fourth-order valence-electron chi connectivity index (χ4n) is 1.87. The lowest BCUT2D eigenvalue weighted by Gasteiger charge is -2.23. The highest BCUT2D eigenvalue weighted by Crippen LogP contribution is 2.35. The highest BCUT2D eigenvalue weighted by Gasteiger charge is 2.19. The summed E-state index contributed by atoms with van der Waals surface area (Å²) in [4.78, 5) is 0. The van der Waals surface area contributed by atoms with Crippen molar-refractivity contribution in [2.75, 3.05) is 0 Å². The molecule has 0 saturated heterocycles. The first-order chi connectivity index (χ1) is 6.18. The molecule has 1 atom stereocenters. The van der Waals surface area contributed by atoms with Crippen LogP contribution in [0, 0.1) is 0 Å². The quantitative estimate of drug-likeness (QED) is 0.779. The van der Waals surface area contributed by atoms with Crippen molar-refractivity contribution >= 4 is 31.9 Å². The third-order valence-electron chi connectivity index (χ3n) is 2.54. The topological polar surface area (TPSA) is 26.0 Å². The maximum atomic E-state index is 6.04. The monoisotopic (exact) mass is 303 g/mol. The lowest BCUT2D eigenvalue weighted by molar-refractivity contribution is 0.568. The summed E-state index contributed by atoms with van der Waals surface area (Å²) in [6.07, 6.45) is 3.46. The van der Waals surface area contributed by atoms with Gasteiger partial charge >= 0.3 is 0 Å². The molecule has 2 rings (SSSR count). The number of benzene rings is 1. The predicted molar refractivity (Wildman–Crippen MR) is 61.7 cm³/mol. The van der Waals surface area contributed by atoms with Crippen LogP contribution < -0.4 is 5.73 Å². The van der Waals surface area contributed by atoms with Gasteiger partial charge in [0, 0.05) is 15.0 Å². The Bertz CT molecular complexity index is 336. The van der Waals surface area contributed by atoms with E-state index in [1.165, 1.54) is 22.0 Å². The Labute approximate surface area is 95.0 Å². The number of halogens is 2. The zero-order valence-corrected chi connectivity index (χ0v) is 10.4. The smallest absolute Gasteiger partial charge is 0.0298 e. The molecule has 0 unspecified atom stereocenters. The van der Waals surface area contributed by atoms with E-state index in [1.807, 2.05) is 0 Å². The van der Waals surface area contributed by atoms with E-state index in [2.05, 4.69) is 44.0 Å². The van der Waals surface area contributed by atoms with Gasteiger partial charge in [0.15, 0.2) is 0 Å². The van der Waals surface area contributed by atoms with Crippen LogP contribution in [0.15, 0.2) is 21.1 Å². The minimum absolute atomic E-state index is 0.220. The second-order valence-corrected chi connectivity index (χ2v) is 5.22. The van der Waals surface area contributed by atoms with Crippen LogP contribution in [-0.4, -0.2) is 0 Å². The molecule has 0 fully saturated rings. The summed E-state index contributed by atoms with van der Waals surface area (Å²) in [5, 5.41) is 0. The van der Waals surface area contributed by atoms with E-state index in [-0.39, 0.29) is 6.04 Å². The Kier molecular flexibility index (Phi) is 2.77. The standard InChI is InChI=1S/C10H11Br2N/c11-6-4-8-7(9(12)5-6)2-1-3-10(8)13/h4-5,10H,1-3,13H2/t10-/m0/s1. The molecular weight excluding hydrogens is 294 g/mol. The number of hydrogen-bond acceptors (Lipinski definition) is 1. The van der Waals surface area contributed by atoms with Gasteiger partial charge in [0.2, 0.25) is 0 Å². The highest BCUT2D eigenvalue weighted by atomic mass is 79.9. The minimum Gasteiger partial charge on any atom is -0.324 e. The second-order valence-electron chi connectivity index (χ2n) is 3.45. The van der Waals surface area contributed by atoms with E-state index in [4.69, 9.17) is 5.73 Å². The Morgan fingerprint density at radius 1 is 1.31 bits per heavy atom. The molecule has 1 aliphatic rings. The molecule has 0 saturated carbocycles. The first kappa shape index (κ1) is 9.69. The second kappa shape index (κ2) is 3.71. The molecule has 1 aromatic rings. The fourth-order valence-corrected chi connectivity index (χ4v) is 3.33. The number of nitrogens with two attached hydrogens (primary N) is 1. The Hall–Kier alpha value is 0.140. The van der Waals surface area contributed by atoms with Gasteiger partial charge in [-0.1, -0.05) is 31.9 Å². The molecule has 13 heavy (non-hydrogen) atoms. The van der Waals surface area contributed by atoms with Crippen LogP contribution in [0.3, 0.4) is 0 Å². The van der Waals surface area contributed by atoms with Gasteiger partial charge < -0.3 is 5.73 Å². The molecular formula is C10H11Br2N. The summed E-state index contributed by atoms with van der Waals surface area (Å²) in [6, 6.07) is 4.46. The molecule has 2 N–H and O–H groups in total. The van der Waals surface area contributed by atoms with E-state index < -0.39 is 0 Å². The molecule has 0 heterocycles. The first-order valence-corrected chi connectivity index (χ1v) is 6.00. The van der Waals surface area contributed by atoms with E-state index in [0.717, 1.165) is 17.3 Å². The molecule has 3 heteroatoms. The third-order valence-corrected chi connectivity index (χ3v) is 3.70. The van der Waals surface area contributed by atoms with Crippen LogP contribution in [-0.2, 0) is 6.42 Å². The van der Waals surface area contributed by atoms with Gasteiger partial charge in [0.05, 0.1) is 0 Å². The molecule has 0 amide bonds. The maximum Gasteiger partial charge on any atom is 0.0298 e. The Morgan fingerprint density at radius 2 is 2.08 bits per heavy atom. The van der Waals surface area contributed by atoms with Crippen LogP contribution in [0.1, 0.15) is 30.0 Å². The average molecular weight is 305 g/mol. The van der Waals surface area contributed by atoms with E-state index >= 15 is 0 Å². The van der Waals surface area contributed by atoms with Crippen molar-refractivity contribution in [3.63, 3.8) is 0 Å². The molecule has 1 aromatic carbocycles. The number of hydrogen-bond donors (Lipinski definition) is 1. The van der Waals surface area contributed by atoms with Crippen LogP contribution in [0.2, 0.25) is 0 Å². The summed E-state index contributed by atoms with van der Waals surface area (Å²) in [7, 11) is 0. The lowest BCUT2D eigenvalue weighted by Crippen LogP contribution is -2.17. The Morgan fingerprint density at radius 3 is 2.85 bits per heavy atom. The highest BCUT2D eigenvalue weighted by molar-refractivity contribution is 9.11. The van der Waals surface area contributed by atoms with E-state index in [1.54, 1.807) is 0 Å². The van der Waals surface area contributed by atoms with Crippen molar-refractivity contribution in [2.24, 2.45) is 5.73 Å². The van der Waals surface area contributed by atoms with E-state index in [0.29, 0.717) is 0 Å². The van der Waals surface area contributed by atoms with Crippen LogP contribution in [0.25, 0.3) is 0 Å². The molecule has 0 aliphatic heterocycles. The predicted octanol–water partition coefficient (Wildman–Crippen LogP) is 3.55. The van der Waals surface area contributed by atoms with Crippen molar-refractivity contribution in [2.45, 2.75) is 25.3 Å². The summed E-state index contributed by atoms with van der Waals surface area (Å²) >= 11 is 7.06. The summed E-state index contributed by atoms with van der Waals surface area (Å²) in [6.45, 7) is 0. The molecule has 1 aliphatic carbocycles. The first-order valence-electron chi connectivity index (χ1n) is 4.42. The van der Waals surface area contributed by atoms with Crippen LogP contribution >= 0.6 is 31.9 Å². The SMILES string of the molecule is N[C@H]1CCCc2c(Br)cc(Br)cc21. The molecule has 70 valence electrons. The maximum absolute atomic E-state index is 6.04. The third kappa shape index (κ3) is 1.83. The van der Waals surface area contributed by atoms with Gasteiger partial charge in [0.25, 0.3) is 0 Å². The summed E-state index contributed by atoms with van der Waals surface area (Å²) < 4.78 is 2.29. The van der Waals surface area contributed by atoms with Crippen molar-refractivity contribution in [3.05, 3.63) is 32.2 Å². The summed E-state index contributed by atoms with van der Waals surface area (Å²) in [5.74, 6) is 0. The Balaban J connectivity index is 2.56. The average Bonchev–Trinajstić information content (AvgIpc) is 2.07. The van der Waals surface area contributed by atoms with E-state index in [9.17, 15) is 0 Å². The van der Waals surface area contributed by atoms with Gasteiger partial charge in [-0.3, -0.25) is 0 Å². The molecule has 0 radical (unpaired) electrons. The molecule has 0 spiro atoms. The molecule has 0 bridgehead atoms.